The SMILES string of the molecule is CC(C)(CNC(=O)c1ccncc1NN)S(C)(=O)=O. The van der Waals surface area contributed by atoms with Gasteiger partial charge in [-0.15, -0.1) is 0 Å². The van der Waals surface area contributed by atoms with Crippen molar-refractivity contribution < 1.29 is 13.2 Å². The first-order valence-corrected chi connectivity index (χ1v) is 7.46. The van der Waals surface area contributed by atoms with E-state index in [9.17, 15) is 13.2 Å². The molecule has 4 N–H and O–H groups in total. The van der Waals surface area contributed by atoms with E-state index >= 15 is 0 Å². The van der Waals surface area contributed by atoms with Crippen LogP contribution in [0.5, 0.6) is 0 Å². The summed E-state index contributed by atoms with van der Waals surface area (Å²) in [5.41, 5.74) is 3.04. The van der Waals surface area contributed by atoms with Crippen molar-refractivity contribution in [2.75, 3.05) is 18.2 Å². The first kappa shape index (κ1) is 15.4. The molecule has 1 rings (SSSR count). The molecule has 0 saturated carbocycles. The lowest BCUT2D eigenvalue weighted by Crippen LogP contribution is -2.43. The van der Waals surface area contributed by atoms with Gasteiger partial charge in [-0.1, -0.05) is 0 Å². The van der Waals surface area contributed by atoms with Gasteiger partial charge in [0, 0.05) is 19.0 Å². The maximum Gasteiger partial charge on any atom is 0.253 e. The molecule has 1 heterocycles. The second-order valence-electron chi connectivity index (χ2n) is 4.78. The van der Waals surface area contributed by atoms with Gasteiger partial charge < -0.3 is 10.7 Å². The van der Waals surface area contributed by atoms with Crippen molar-refractivity contribution in [3.63, 3.8) is 0 Å². The molecule has 0 aromatic carbocycles. The number of nitrogens with two attached hydrogens (primary N) is 1. The zero-order valence-corrected chi connectivity index (χ0v) is 11.9. The number of sulfone groups is 1. The molecule has 0 unspecified atom stereocenters. The van der Waals surface area contributed by atoms with E-state index in [1.54, 1.807) is 13.8 Å². The number of carbonyl (C=O) groups excluding carboxylic acids is 1. The van der Waals surface area contributed by atoms with Crippen LogP contribution in [0.15, 0.2) is 18.5 Å². The summed E-state index contributed by atoms with van der Waals surface area (Å²) in [4.78, 5) is 15.8. The van der Waals surface area contributed by atoms with Crippen LogP contribution in [-0.2, 0) is 9.84 Å². The molecule has 0 aliphatic heterocycles. The summed E-state index contributed by atoms with van der Waals surface area (Å²) in [6.45, 7) is 3.12. The first-order valence-electron chi connectivity index (χ1n) is 5.57. The molecule has 0 radical (unpaired) electrons. The lowest BCUT2D eigenvalue weighted by atomic mass is 10.2. The largest absolute Gasteiger partial charge is 0.350 e. The average Bonchev–Trinajstić information content (AvgIpc) is 2.34. The van der Waals surface area contributed by atoms with E-state index in [4.69, 9.17) is 5.84 Å². The van der Waals surface area contributed by atoms with Crippen molar-refractivity contribution in [1.82, 2.24) is 10.3 Å². The number of carbonyl (C=O) groups is 1. The van der Waals surface area contributed by atoms with Gasteiger partial charge in [-0.05, 0) is 19.9 Å². The predicted octanol–water partition coefficient (Wildman–Crippen LogP) is -0.0798. The molecule has 0 fully saturated rings. The topological polar surface area (TPSA) is 114 Å². The Bertz CT molecular complexity index is 569. The highest BCUT2D eigenvalue weighted by molar-refractivity contribution is 7.92. The molecular weight excluding hydrogens is 268 g/mol. The Balaban J connectivity index is 2.82. The molecule has 0 bridgehead atoms. The average molecular weight is 286 g/mol. The molecule has 0 spiro atoms. The Labute approximate surface area is 112 Å². The van der Waals surface area contributed by atoms with Gasteiger partial charge in [-0.2, -0.15) is 0 Å². The molecule has 7 nitrogen and oxygen atoms in total. The normalized spacial score (nSPS) is 12.0. The number of hydrogen-bond acceptors (Lipinski definition) is 6. The van der Waals surface area contributed by atoms with Gasteiger partial charge in [0.05, 0.1) is 22.2 Å². The highest BCUT2D eigenvalue weighted by atomic mass is 32.2. The standard InChI is InChI=1S/C11H18N4O3S/c1-11(2,19(3,17)18)7-14-10(16)8-4-5-13-6-9(8)15-12/h4-6,15H,7,12H2,1-3H3,(H,14,16). The Kier molecular flexibility index (Phi) is 4.48. The zero-order valence-electron chi connectivity index (χ0n) is 11.1. The van der Waals surface area contributed by atoms with Crippen LogP contribution in [0.4, 0.5) is 5.69 Å². The number of aromatic nitrogens is 1. The van der Waals surface area contributed by atoms with Crippen molar-refractivity contribution in [2.24, 2.45) is 5.84 Å². The molecule has 8 heteroatoms. The van der Waals surface area contributed by atoms with Crippen LogP contribution in [0.3, 0.4) is 0 Å². The lowest BCUT2D eigenvalue weighted by molar-refractivity contribution is 0.0951. The van der Waals surface area contributed by atoms with E-state index in [1.165, 1.54) is 18.5 Å². The number of nitrogens with zero attached hydrogens (tertiary/aromatic N) is 1. The van der Waals surface area contributed by atoms with E-state index in [0.717, 1.165) is 6.26 Å². The minimum Gasteiger partial charge on any atom is -0.350 e. The van der Waals surface area contributed by atoms with Gasteiger partial charge in [0.2, 0.25) is 0 Å². The third-order valence-corrected chi connectivity index (χ3v) is 5.05. The number of nitrogens with one attached hydrogen (secondary N) is 2. The molecule has 1 aromatic rings. The fourth-order valence-corrected chi connectivity index (χ4v) is 1.56. The second-order valence-corrected chi connectivity index (χ2v) is 7.43. The van der Waals surface area contributed by atoms with Crippen LogP contribution in [0.25, 0.3) is 0 Å². The number of hydrazine groups is 1. The van der Waals surface area contributed by atoms with Crippen LogP contribution in [0.1, 0.15) is 24.2 Å². The molecule has 1 aromatic heterocycles. The maximum absolute atomic E-state index is 12.0. The van der Waals surface area contributed by atoms with Gasteiger partial charge in [-0.3, -0.25) is 15.6 Å². The fourth-order valence-electron chi connectivity index (χ4n) is 1.23. The third kappa shape index (κ3) is 3.65. The fraction of sp³-hybridized carbons (Fsp3) is 0.455. The number of rotatable bonds is 5. The van der Waals surface area contributed by atoms with Gasteiger partial charge in [-0.25, -0.2) is 8.42 Å². The second kappa shape index (κ2) is 5.54. The van der Waals surface area contributed by atoms with Crippen LogP contribution >= 0.6 is 0 Å². The summed E-state index contributed by atoms with van der Waals surface area (Å²) >= 11 is 0. The van der Waals surface area contributed by atoms with Crippen molar-refractivity contribution in [2.45, 2.75) is 18.6 Å². The lowest BCUT2D eigenvalue weighted by Gasteiger charge is -2.23. The zero-order chi connectivity index (χ0) is 14.7. The van der Waals surface area contributed by atoms with Gasteiger partial charge >= 0.3 is 0 Å². The van der Waals surface area contributed by atoms with E-state index in [2.05, 4.69) is 15.7 Å². The maximum atomic E-state index is 12.0. The highest BCUT2D eigenvalue weighted by Crippen LogP contribution is 2.15. The Hall–Kier alpha value is -1.67. The van der Waals surface area contributed by atoms with Gasteiger partial charge in [0.15, 0.2) is 9.84 Å². The smallest absolute Gasteiger partial charge is 0.253 e. The van der Waals surface area contributed by atoms with Crippen LogP contribution in [0.2, 0.25) is 0 Å². The van der Waals surface area contributed by atoms with Crippen molar-refractivity contribution in [3.8, 4) is 0 Å². The monoisotopic (exact) mass is 286 g/mol. The molecule has 19 heavy (non-hydrogen) atoms. The van der Waals surface area contributed by atoms with Gasteiger partial charge in [0.25, 0.3) is 5.91 Å². The quantitative estimate of drug-likeness (QED) is 0.515. The molecular formula is C11H18N4O3S. The number of hydrogen-bond donors (Lipinski definition) is 3. The summed E-state index contributed by atoms with van der Waals surface area (Å²) in [6, 6.07) is 1.50. The summed E-state index contributed by atoms with van der Waals surface area (Å²) < 4.78 is 22.0. The molecule has 0 saturated heterocycles. The number of pyridine rings is 1. The molecule has 0 atom stereocenters. The minimum absolute atomic E-state index is 0.0109. The van der Waals surface area contributed by atoms with Gasteiger partial charge in [0.1, 0.15) is 0 Å². The van der Waals surface area contributed by atoms with Crippen molar-refractivity contribution in [1.29, 1.82) is 0 Å². The summed E-state index contributed by atoms with van der Waals surface area (Å²) in [5, 5.41) is 2.58. The van der Waals surface area contributed by atoms with Crippen molar-refractivity contribution in [3.05, 3.63) is 24.0 Å². The Morgan fingerprint density at radius 2 is 2.11 bits per heavy atom. The van der Waals surface area contributed by atoms with Crippen LogP contribution in [0, 0.1) is 0 Å². The summed E-state index contributed by atoms with van der Waals surface area (Å²) in [7, 11) is -3.26. The van der Waals surface area contributed by atoms with E-state index < -0.39 is 20.5 Å². The molecule has 1 amide bonds. The third-order valence-electron chi connectivity index (χ3n) is 2.90. The molecule has 0 aliphatic rings. The first-order chi connectivity index (χ1) is 8.69. The van der Waals surface area contributed by atoms with Crippen LogP contribution in [-0.4, -0.2) is 36.9 Å². The Morgan fingerprint density at radius 1 is 1.47 bits per heavy atom. The summed E-state index contributed by atoms with van der Waals surface area (Å²) in [6.07, 6.45) is 4.01. The molecule has 0 aliphatic carbocycles. The highest BCUT2D eigenvalue weighted by Gasteiger charge is 2.30. The number of amides is 1. The minimum atomic E-state index is -3.26. The number of nitrogen functional groups attached to an aromatic ring is 1. The Morgan fingerprint density at radius 3 is 2.63 bits per heavy atom. The predicted molar refractivity (Wildman–Crippen MR) is 73.3 cm³/mol. The van der Waals surface area contributed by atoms with E-state index in [-0.39, 0.29) is 6.54 Å². The van der Waals surface area contributed by atoms with Crippen LogP contribution < -0.4 is 16.6 Å². The molecule has 106 valence electrons. The summed E-state index contributed by atoms with van der Waals surface area (Å²) in [5.74, 6) is 4.86. The van der Waals surface area contributed by atoms with Crippen molar-refractivity contribution >= 4 is 21.4 Å². The van der Waals surface area contributed by atoms with E-state index in [0.29, 0.717) is 11.3 Å². The number of anilines is 1. The van der Waals surface area contributed by atoms with E-state index in [1.807, 2.05) is 0 Å².